The van der Waals surface area contributed by atoms with E-state index in [1.54, 1.807) is 24.3 Å². The van der Waals surface area contributed by atoms with Crippen LogP contribution in [0.25, 0.3) is 0 Å². The lowest BCUT2D eigenvalue weighted by Crippen LogP contribution is -2.40. The van der Waals surface area contributed by atoms with Gasteiger partial charge in [-0.05, 0) is 31.0 Å². The monoisotopic (exact) mass is 241 g/mol. The Balaban J connectivity index is 3.08. The SMILES string of the molecule is CC(C)C(C)N(C(=O)O)c1cccc(Cl)c1. The molecule has 0 fully saturated rings. The van der Waals surface area contributed by atoms with E-state index in [1.807, 2.05) is 20.8 Å². The van der Waals surface area contributed by atoms with Gasteiger partial charge in [0.2, 0.25) is 0 Å². The molecule has 0 bridgehead atoms. The number of anilines is 1. The fourth-order valence-corrected chi connectivity index (χ4v) is 1.63. The lowest BCUT2D eigenvalue weighted by molar-refractivity contribution is 0.197. The van der Waals surface area contributed by atoms with Gasteiger partial charge in [0.05, 0.1) is 0 Å². The summed E-state index contributed by atoms with van der Waals surface area (Å²) in [6, 6.07) is 6.80. The molecule has 1 amide bonds. The molecule has 0 saturated carbocycles. The van der Waals surface area contributed by atoms with Gasteiger partial charge in [0.15, 0.2) is 0 Å². The zero-order chi connectivity index (χ0) is 12.3. The first-order valence-electron chi connectivity index (χ1n) is 5.21. The number of rotatable bonds is 3. The van der Waals surface area contributed by atoms with Gasteiger partial charge in [0.25, 0.3) is 0 Å². The summed E-state index contributed by atoms with van der Waals surface area (Å²) in [5.74, 6) is 0.245. The van der Waals surface area contributed by atoms with E-state index in [2.05, 4.69) is 0 Å². The first-order chi connectivity index (χ1) is 7.43. The molecule has 1 N–H and O–H groups in total. The fourth-order valence-electron chi connectivity index (χ4n) is 1.44. The van der Waals surface area contributed by atoms with E-state index in [4.69, 9.17) is 11.6 Å². The lowest BCUT2D eigenvalue weighted by atomic mass is 10.0. The number of benzene rings is 1. The van der Waals surface area contributed by atoms with Gasteiger partial charge in [-0.2, -0.15) is 0 Å². The normalized spacial score (nSPS) is 12.6. The Bertz CT molecular complexity index is 379. The van der Waals surface area contributed by atoms with Gasteiger partial charge in [-0.1, -0.05) is 31.5 Å². The number of halogens is 1. The summed E-state index contributed by atoms with van der Waals surface area (Å²) in [5, 5.41) is 9.76. The zero-order valence-corrected chi connectivity index (χ0v) is 10.4. The quantitative estimate of drug-likeness (QED) is 0.873. The third-order valence-corrected chi connectivity index (χ3v) is 2.90. The topological polar surface area (TPSA) is 40.5 Å². The van der Waals surface area contributed by atoms with Crippen LogP contribution in [-0.4, -0.2) is 17.2 Å². The standard InChI is InChI=1S/C12H16ClNO2/c1-8(2)9(3)14(12(15)16)11-6-4-5-10(13)7-11/h4-9H,1-3H3,(H,15,16). The van der Waals surface area contributed by atoms with Crippen LogP contribution in [0.3, 0.4) is 0 Å². The highest BCUT2D eigenvalue weighted by molar-refractivity contribution is 6.30. The molecule has 0 heterocycles. The zero-order valence-electron chi connectivity index (χ0n) is 9.64. The Morgan fingerprint density at radius 3 is 2.44 bits per heavy atom. The van der Waals surface area contributed by atoms with Crippen LogP contribution in [-0.2, 0) is 0 Å². The Morgan fingerprint density at radius 2 is 2.00 bits per heavy atom. The molecule has 1 aromatic rings. The molecule has 1 unspecified atom stereocenters. The third-order valence-electron chi connectivity index (χ3n) is 2.66. The van der Waals surface area contributed by atoms with Crippen LogP contribution in [0.1, 0.15) is 20.8 Å². The number of nitrogens with zero attached hydrogens (tertiary/aromatic N) is 1. The summed E-state index contributed by atoms with van der Waals surface area (Å²) >= 11 is 5.86. The van der Waals surface area contributed by atoms with Gasteiger partial charge >= 0.3 is 6.09 Å². The van der Waals surface area contributed by atoms with Crippen molar-refractivity contribution in [2.24, 2.45) is 5.92 Å². The minimum atomic E-state index is -0.955. The molecule has 0 saturated heterocycles. The van der Waals surface area contributed by atoms with Crippen molar-refractivity contribution >= 4 is 23.4 Å². The van der Waals surface area contributed by atoms with Crippen LogP contribution in [0, 0.1) is 5.92 Å². The van der Waals surface area contributed by atoms with Crippen molar-refractivity contribution in [3.8, 4) is 0 Å². The summed E-state index contributed by atoms with van der Waals surface area (Å²) in [7, 11) is 0. The first kappa shape index (κ1) is 12.8. The Kier molecular flexibility index (Phi) is 4.19. The molecule has 16 heavy (non-hydrogen) atoms. The molecule has 0 spiro atoms. The Hall–Kier alpha value is -1.22. The van der Waals surface area contributed by atoms with Crippen molar-refractivity contribution in [2.45, 2.75) is 26.8 Å². The molecule has 0 radical (unpaired) electrons. The first-order valence-corrected chi connectivity index (χ1v) is 5.59. The number of hydrogen-bond donors (Lipinski definition) is 1. The molecule has 0 aliphatic rings. The molecule has 4 heteroatoms. The molecule has 88 valence electrons. The second-order valence-corrected chi connectivity index (χ2v) is 4.55. The maximum Gasteiger partial charge on any atom is 0.412 e. The van der Waals surface area contributed by atoms with Crippen LogP contribution >= 0.6 is 11.6 Å². The fraction of sp³-hybridized carbons (Fsp3) is 0.417. The summed E-state index contributed by atoms with van der Waals surface area (Å²) in [5.41, 5.74) is 0.612. The van der Waals surface area contributed by atoms with Crippen molar-refractivity contribution in [3.63, 3.8) is 0 Å². The average molecular weight is 242 g/mol. The largest absolute Gasteiger partial charge is 0.465 e. The van der Waals surface area contributed by atoms with Crippen LogP contribution in [0.15, 0.2) is 24.3 Å². The van der Waals surface area contributed by atoms with E-state index in [0.29, 0.717) is 10.7 Å². The summed E-state index contributed by atoms with van der Waals surface area (Å²) in [4.78, 5) is 12.6. The highest BCUT2D eigenvalue weighted by atomic mass is 35.5. The van der Waals surface area contributed by atoms with Gasteiger partial charge in [-0.25, -0.2) is 4.79 Å². The van der Waals surface area contributed by atoms with E-state index in [1.165, 1.54) is 4.90 Å². The van der Waals surface area contributed by atoms with E-state index < -0.39 is 6.09 Å². The van der Waals surface area contributed by atoms with Crippen molar-refractivity contribution in [1.29, 1.82) is 0 Å². The van der Waals surface area contributed by atoms with Crippen molar-refractivity contribution in [1.82, 2.24) is 0 Å². The number of hydrogen-bond acceptors (Lipinski definition) is 1. The maximum atomic E-state index is 11.2. The van der Waals surface area contributed by atoms with Crippen LogP contribution in [0.5, 0.6) is 0 Å². The van der Waals surface area contributed by atoms with Crippen molar-refractivity contribution < 1.29 is 9.90 Å². The Labute approximate surface area is 101 Å². The highest BCUT2D eigenvalue weighted by Gasteiger charge is 2.23. The molecule has 3 nitrogen and oxygen atoms in total. The molecular formula is C12H16ClNO2. The van der Waals surface area contributed by atoms with E-state index in [-0.39, 0.29) is 12.0 Å². The maximum absolute atomic E-state index is 11.2. The predicted molar refractivity (Wildman–Crippen MR) is 66.3 cm³/mol. The van der Waals surface area contributed by atoms with Gasteiger partial charge < -0.3 is 5.11 Å². The lowest BCUT2D eigenvalue weighted by Gasteiger charge is -2.29. The minimum Gasteiger partial charge on any atom is -0.465 e. The second kappa shape index (κ2) is 5.21. The predicted octanol–water partition coefficient (Wildman–Crippen LogP) is 3.87. The number of carboxylic acid groups (broad SMARTS) is 1. The molecule has 1 rings (SSSR count). The van der Waals surface area contributed by atoms with Gasteiger partial charge in [-0.3, -0.25) is 4.90 Å². The van der Waals surface area contributed by atoms with Crippen LogP contribution in [0.2, 0.25) is 5.02 Å². The third kappa shape index (κ3) is 2.89. The minimum absolute atomic E-state index is 0.0871. The number of amides is 1. The summed E-state index contributed by atoms with van der Waals surface area (Å²) in [6.45, 7) is 5.87. The highest BCUT2D eigenvalue weighted by Crippen LogP contribution is 2.24. The van der Waals surface area contributed by atoms with Crippen LogP contribution < -0.4 is 4.90 Å². The van der Waals surface area contributed by atoms with Gasteiger partial charge in [0.1, 0.15) is 0 Å². The molecule has 1 atom stereocenters. The summed E-state index contributed by atoms with van der Waals surface area (Å²) in [6.07, 6.45) is -0.955. The molecule has 0 aromatic heterocycles. The van der Waals surface area contributed by atoms with Crippen molar-refractivity contribution in [3.05, 3.63) is 29.3 Å². The van der Waals surface area contributed by atoms with E-state index in [9.17, 15) is 9.90 Å². The molecular weight excluding hydrogens is 226 g/mol. The van der Waals surface area contributed by atoms with Gasteiger partial charge in [-0.15, -0.1) is 0 Å². The summed E-state index contributed by atoms with van der Waals surface area (Å²) < 4.78 is 0. The average Bonchev–Trinajstić information content (AvgIpc) is 2.17. The molecule has 0 aliphatic heterocycles. The molecule has 1 aromatic carbocycles. The van der Waals surface area contributed by atoms with Crippen LogP contribution in [0.4, 0.5) is 10.5 Å². The second-order valence-electron chi connectivity index (χ2n) is 4.12. The van der Waals surface area contributed by atoms with Gasteiger partial charge in [0, 0.05) is 16.8 Å². The van der Waals surface area contributed by atoms with E-state index in [0.717, 1.165) is 0 Å². The van der Waals surface area contributed by atoms with E-state index >= 15 is 0 Å². The van der Waals surface area contributed by atoms with Crippen molar-refractivity contribution in [2.75, 3.05) is 4.90 Å². The molecule has 0 aliphatic carbocycles. The number of carbonyl (C=O) groups is 1. The smallest absolute Gasteiger partial charge is 0.412 e. The Morgan fingerprint density at radius 1 is 1.38 bits per heavy atom.